The number of esters is 3. The summed E-state index contributed by atoms with van der Waals surface area (Å²) < 4.78 is 8.31. The van der Waals surface area contributed by atoms with Crippen LogP contribution < -0.4 is 5.73 Å². The normalized spacial score (nSPS) is 11.1. The standard InChI is InChI=1S/C5H8O3.C4H2O3.C3H5NO/c1-2-5(7)8-4-3-6;5-3-1-2-4(6)7-3;1-2-3(4)5/h2,6H,1,3-4H2;1-2H;2H,1H2,(H2,4,5). The average molecular weight is 285 g/mol. The Hall–Kier alpha value is -2.74. The predicted octanol–water partition coefficient (Wildman–Crippen LogP) is -1.01. The van der Waals surface area contributed by atoms with Crippen LogP contribution in [0.3, 0.4) is 0 Å². The number of ether oxygens (including phenoxy) is 2. The highest BCUT2D eigenvalue weighted by Crippen LogP contribution is 1.92. The van der Waals surface area contributed by atoms with Gasteiger partial charge in [-0.1, -0.05) is 13.2 Å². The van der Waals surface area contributed by atoms with Crippen molar-refractivity contribution in [3.05, 3.63) is 37.5 Å². The minimum absolute atomic E-state index is 0.0465. The molecule has 3 N–H and O–H groups in total. The maximum atomic E-state index is 10.1. The Labute approximate surface area is 115 Å². The molecule has 20 heavy (non-hydrogen) atoms. The zero-order valence-corrected chi connectivity index (χ0v) is 10.6. The zero-order chi connectivity index (χ0) is 16.0. The molecule has 0 saturated carbocycles. The van der Waals surface area contributed by atoms with Gasteiger partial charge in [-0.2, -0.15) is 0 Å². The number of aliphatic hydroxyl groups excluding tert-OH is 1. The molecule has 8 heteroatoms. The monoisotopic (exact) mass is 285 g/mol. The third kappa shape index (κ3) is 15.3. The third-order valence-corrected chi connectivity index (χ3v) is 1.26. The van der Waals surface area contributed by atoms with Gasteiger partial charge in [-0.05, 0) is 6.08 Å². The maximum absolute atomic E-state index is 10.1. The minimum Gasteiger partial charge on any atom is -0.460 e. The lowest BCUT2D eigenvalue weighted by molar-refractivity contribution is -0.150. The third-order valence-electron chi connectivity index (χ3n) is 1.26. The van der Waals surface area contributed by atoms with E-state index in [2.05, 4.69) is 28.4 Å². The Morgan fingerprint density at radius 2 is 1.70 bits per heavy atom. The summed E-state index contributed by atoms with van der Waals surface area (Å²) in [6, 6.07) is 0. The first-order valence-electron chi connectivity index (χ1n) is 5.13. The number of aliphatic hydroxyl groups is 1. The van der Waals surface area contributed by atoms with Crippen LogP contribution in [0.15, 0.2) is 37.5 Å². The van der Waals surface area contributed by atoms with Gasteiger partial charge in [0.1, 0.15) is 6.61 Å². The lowest BCUT2D eigenvalue weighted by Gasteiger charge is -1.94. The molecule has 8 nitrogen and oxygen atoms in total. The summed E-state index contributed by atoms with van der Waals surface area (Å²) in [4.78, 5) is 39.4. The Morgan fingerprint density at radius 3 is 1.90 bits per heavy atom. The fraction of sp³-hybridized carbons (Fsp3) is 0.167. The smallest absolute Gasteiger partial charge is 0.338 e. The number of hydrogen-bond donors (Lipinski definition) is 2. The molecular formula is C12H15NO7. The Balaban J connectivity index is 0. The number of carbonyl (C=O) groups excluding carboxylic acids is 4. The molecule has 110 valence electrons. The van der Waals surface area contributed by atoms with E-state index in [4.69, 9.17) is 5.11 Å². The van der Waals surface area contributed by atoms with Gasteiger partial charge in [0.05, 0.1) is 6.61 Å². The summed E-state index contributed by atoms with van der Waals surface area (Å²) in [5.41, 5.74) is 4.53. The molecule has 0 atom stereocenters. The molecule has 0 aromatic heterocycles. The fourth-order valence-corrected chi connectivity index (χ4v) is 0.508. The molecule has 1 aliphatic rings. The second kappa shape index (κ2) is 12.7. The highest BCUT2D eigenvalue weighted by molar-refractivity contribution is 6.04. The second-order valence-corrected chi connectivity index (χ2v) is 2.78. The molecule has 0 unspecified atom stereocenters. The summed E-state index contributed by atoms with van der Waals surface area (Å²) in [5, 5.41) is 8.10. The van der Waals surface area contributed by atoms with Crippen molar-refractivity contribution < 1.29 is 33.8 Å². The van der Waals surface area contributed by atoms with Crippen LogP contribution in [0.1, 0.15) is 0 Å². The number of amides is 1. The predicted molar refractivity (Wildman–Crippen MR) is 67.9 cm³/mol. The van der Waals surface area contributed by atoms with Crippen LogP contribution in [0.25, 0.3) is 0 Å². The van der Waals surface area contributed by atoms with Gasteiger partial charge in [0.25, 0.3) is 0 Å². The van der Waals surface area contributed by atoms with Crippen molar-refractivity contribution in [1.82, 2.24) is 0 Å². The quantitative estimate of drug-likeness (QED) is 0.384. The van der Waals surface area contributed by atoms with Gasteiger partial charge in [-0.25, -0.2) is 14.4 Å². The number of nitrogens with two attached hydrogens (primary N) is 1. The molecule has 1 amide bonds. The van der Waals surface area contributed by atoms with E-state index in [0.717, 1.165) is 24.3 Å². The van der Waals surface area contributed by atoms with Gasteiger partial charge in [0, 0.05) is 18.2 Å². The van der Waals surface area contributed by atoms with Gasteiger partial charge in [-0.3, -0.25) is 4.79 Å². The van der Waals surface area contributed by atoms with Gasteiger partial charge in [0.2, 0.25) is 5.91 Å². The van der Waals surface area contributed by atoms with Crippen LogP contribution in [0.2, 0.25) is 0 Å². The van der Waals surface area contributed by atoms with Crippen LogP contribution in [0, 0.1) is 0 Å². The van der Waals surface area contributed by atoms with Gasteiger partial charge in [0.15, 0.2) is 0 Å². The molecular weight excluding hydrogens is 270 g/mol. The van der Waals surface area contributed by atoms with Crippen molar-refractivity contribution >= 4 is 23.8 Å². The first kappa shape index (κ1) is 19.6. The molecule has 1 aliphatic heterocycles. The van der Waals surface area contributed by atoms with Crippen molar-refractivity contribution in [2.45, 2.75) is 0 Å². The molecule has 1 rings (SSSR count). The number of primary amides is 1. The van der Waals surface area contributed by atoms with Crippen molar-refractivity contribution in [1.29, 1.82) is 0 Å². The van der Waals surface area contributed by atoms with Crippen molar-refractivity contribution in [2.75, 3.05) is 13.2 Å². The number of hydrogen-bond acceptors (Lipinski definition) is 7. The van der Waals surface area contributed by atoms with E-state index in [1.54, 1.807) is 0 Å². The van der Waals surface area contributed by atoms with E-state index in [1.807, 2.05) is 0 Å². The first-order valence-corrected chi connectivity index (χ1v) is 5.13. The maximum Gasteiger partial charge on any atom is 0.338 e. The van der Waals surface area contributed by atoms with E-state index in [1.165, 1.54) is 0 Å². The lowest BCUT2D eigenvalue weighted by Crippen LogP contribution is -2.04. The fourth-order valence-electron chi connectivity index (χ4n) is 0.508. The summed E-state index contributed by atoms with van der Waals surface area (Å²) in [6.45, 7) is 6.15. The molecule has 1 heterocycles. The molecule has 0 spiro atoms. The molecule has 0 bridgehead atoms. The molecule has 0 aliphatic carbocycles. The largest absolute Gasteiger partial charge is 0.460 e. The van der Waals surface area contributed by atoms with Crippen LogP contribution in [-0.2, 0) is 28.7 Å². The number of cyclic esters (lactones) is 2. The molecule has 0 aromatic rings. The summed E-state index contributed by atoms with van der Waals surface area (Å²) >= 11 is 0. The number of rotatable bonds is 4. The SMILES string of the molecule is C=CC(=O)OCCO.C=CC(N)=O.O=C1C=CC(=O)O1. The highest BCUT2D eigenvalue weighted by Gasteiger charge is 2.10. The first-order chi connectivity index (χ1) is 9.37. The lowest BCUT2D eigenvalue weighted by atomic mass is 10.6. The van der Waals surface area contributed by atoms with E-state index in [0.29, 0.717) is 0 Å². The minimum atomic E-state index is -0.579. The molecule has 0 fully saturated rings. The van der Waals surface area contributed by atoms with Crippen molar-refractivity contribution in [3.8, 4) is 0 Å². The van der Waals surface area contributed by atoms with Gasteiger partial charge < -0.3 is 20.3 Å². The summed E-state index contributed by atoms with van der Waals surface area (Å²) in [5.74, 6) is -2.14. The van der Waals surface area contributed by atoms with Crippen LogP contribution in [-0.4, -0.2) is 42.1 Å². The summed E-state index contributed by atoms with van der Waals surface area (Å²) in [7, 11) is 0. The Morgan fingerprint density at radius 1 is 1.25 bits per heavy atom. The van der Waals surface area contributed by atoms with E-state index in [-0.39, 0.29) is 13.2 Å². The summed E-state index contributed by atoms with van der Waals surface area (Å²) in [6.07, 6.45) is 4.28. The second-order valence-electron chi connectivity index (χ2n) is 2.78. The van der Waals surface area contributed by atoms with Crippen LogP contribution in [0.4, 0.5) is 0 Å². The van der Waals surface area contributed by atoms with Crippen molar-refractivity contribution in [3.63, 3.8) is 0 Å². The molecule has 0 aromatic carbocycles. The van der Waals surface area contributed by atoms with Crippen LogP contribution in [0.5, 0.6) is 0 Å². The van der Waals surface area contributed by atoms with Crippen molar-refractivity contribution in [2.24, 2.45) is 5.73 Å². The molecule has 0 radical (unpaired) electrons. The van der Waals surface area contributed by atoms with Gasteiger partial charge in [-0.15, -0.1) is 0 Å². The topological polar surface area (TPSA) is 133 Å². The van der Waals surface area contributed by atoms with E-state index < -0.39 is 23.8 Å². The Bertz CT molecular complexity index is 396. The number of carbonyl (C=O) groups is 4. The highest BCUT2D eigenvalue weighted by atomic mass is 16.6. The zero-order valence-electron chi connectivity index (χ0n) is 10.6. The van der Waals surface area contributed by atoms with E-state index >= 15 is 0 Å². The van der Waals surface area contributed by atoms with E-state index in [9.17, 15) is 19.2 Å². The Kier molecular flexibility index (Phi) is 12.5. The molecule has 0 saturated heterocycles. The van der Waals surface area contributed by atoms with Gasteiger partial charge >= 0.3 is 17.9 Å². The average Bonchev–Trinajstić information content (AvgIpc) is 2.80. The van der Waals surface area contributed by atoms with Crippen LogP contribution >= 0.6 is 0 Å².